The van der Waals surface area contributed by atoms with Gasteiger partial charge >= 0.3 is 17.8 Å². The molecule has 2 atom stereocenters. The first kappa shape index (κ1) is 37.1. The number of fused-ring (bicyclic) bond motifs is 2. The van der Waals surface area contributed by atoms with E-state index in [4.69, 9.17) is 14.2 Å². The standard InChI is InChI=1S/C36H34F4N6O7/c1-20-15-22(45-11-12-52-19-29(45)36(38,39)40)17-25(37)30(20)32(47)43-26(34(49)53-14-13-51-3)16-21-6-7-27(31-23(21)5-4-9-42-31)46-33(48)24-8-10-41-18-28(24)44(2)35(46)50/h4-10,15,17-18,26,29H,11-14,16,19H2,1-3H3,(H,43,47)/t26?,29-/m1/s1. The van der Waals surface area contributed by atoms with Crippen molar-refractivity contribution in [2.24, 2.45) is 7.05 Å². The van der Waals surface area contributed by atoms with Gasteiger partial charge in [0.2, 0.25) is 0 Å². The van der Waals surface area contributed by atoms with Crippen molar-refractivity contribution in [1.82, 2.24) is 24.4 Å². The maximum atomic E-state index is 15.7. The summed E-state index contributed by atoms with van der Waals surface area (Å²) in [6.07, 6.45) is -0.522. The van der Waals surface area contributed by atoms with Crippen LogP contribution in [0.2, 0.25) is 0 Å². The maximum absolute atomic E-state index is 15.7. The number of nitrogens with zero attached hydrogens (tertiary/aromatic N) is 5. The summed E-state index contributed by atoms with van der Waals surface area (Å²) in [5.74, 6) is -2.97. The van der Waals surface area contributed by atoms with Gasteiger partial charge in [-0.1, -0.05) is 12.1 Å². The fourth-order valence-electron chi connectivity index (χ4n) is 6.42. The molecule has 1 aliphatic heterocycles. The fraction of sp³-hybridized carbons (Fsp3) is 0.333. The molecular weight excluding hydrogens is 704 g/mol. The van der Waals surface area contributed by atoms with Crippen molar-refractivity contribution < 1.29 is 41.4 Å². The number of aryl methyl sites for hydroxylation is 2. The number of rotatable bonds is 10. The average molecular weight is 739 g/mol. The van der Waals surface area contributed by atoms with Crippen molar-refractivity contribution in [3.63, 3.8) is 0 Å². The summed E-state index contributed by atoms with van der Waals surface area (Å²) < 4.78 is 74.5. The van der Waals surface area contributed by atoms with E-state index in [2.05, 4.69) is 15.3 Å². The predicted octanol–water partition coefficient (Wildman–Crippen LogP) is 3.38. The summed E-state index contributed by atoms with van der Waals surface area (Å²) in [6.45, 7) is 0.500. The molecule has 0 aliphatic carbocycles. The zero-order valence-corrected chi connectivity index (χ0v) is 28.8. The van der Waals surface area contributed by atoms with Crippen LogP contribution in [0.1, 0.15) is 21.5 Å². The molecule has 6 rings (SSSR count). The summed E-state index contributed by atoms with van der Waals surface area (Å²) in [4.78, 5) is 63.6. The first-order valence-electron chi connectivity index (χ1n) is 16.4. The number of carbonyl (C=O) groups excluding carboxylic acids is 2. The molecule has 0 spiro atoms. The van der Waals surface area contributed by atoms with E-state index >= 15 is 4.39 Å². The Morgan fingerprint density at radius 1 is 1.09 bits per heavy atom. The largest absolute Gasteiger partial charge is 0.462 e. The molecule has 1 N–H and O–H groups in total. The van der Waals surface area contributed by atoms with Gasteiger partial charge in [-0.05, 0) is 48.4 Å². The van der Waals surface area contributed by atoms with Gasteiger partial charge in [0.15, 0.2) is 0 Å². The summed E-state index contributed by atoms with van der Waals surface area (Å²) in [5.41, 5.74) is -0.539. The molecule has 0 radical (unpaired) electrons. The number of hydrogen-bond donors (Lipinski definition) is 1. The lowest BCUT2D eigenvalue weighted by molar-refractivity contribution is -0.167. The number of hydrogen-bond acceptors (Lipinski definition) is 10. The van der Waals surface area contributed by atoms with Crippen LogP contribution in [-0.2, 0) is 32.5 Å². The van der Waals surface area contributed by atoms with Crippen LogP contribution in [0.4, 0.5) is 23.2 Å². The van der Waals surface area contributed by atoms with Crippen molar-refractivity contribution >= 4 is 39.4 Å². The van der Waals surface area contributed by atoms with E-state index in [-0.39, 0.29) is 60.6 Å². The summed E-state index contributed by atoms with van der Waals surface area (Å²) in [7, 11) is 2.91. The number of amides is 1. The van der Waals surface area contributed by atoms with Crippen molar-refractivity contribution in [2.45, 2.75) is 31.6 Å². The topological polar surface area (TPSA) is 147 Å². The Morgan fingerprint density at radius 3 is 2.62 bits per heavy atom. The van der Waals surface area contributed by atoms with Crippen molar-refractivity contribution in [3.8, 4) is 5.69 Å². The van der Waals surface area contributed by atoms with Gasteiger partial charge in [-0.3, -0.25) is 24.1 Å². The quantitative estimate of drug-likeness (QED) is 0.129. The molecule has 3 aromatic heterocycles. The molecule has 1 saturated heterocycles. The number of ether oxygens (including phenoxy) is 3. The molecular formula is C36H34F4N6O7. The van der Waals surface area contributed by atoms with Crippen molar-refractivity contribution in [3.05, 3.63) is 104 Å². The molecule has 5 aromatic rings. The molecule has 1 unspecified atom stereocenters. The van der Waals surface area contributed by atoms with Gasteiger partial charge in [0, 0.05) is 50.6 Å². The van der Waals surface area contributed by atoms with Gasteiger partial charge in [-0.25, -0.2) is 18.5 Å². The number of benzene rings is 2. The zero-order valence-electron chi connectivity index (χ0n) is 28.8. The normalized spacial score (nSPS) is 15.5. The number of methoxy groups -OCH3 is 1. The van der Waals surface area contributed by atoms with Gasteiger partial charge in [0.25, 0.3) is 11.5 Å². The third-order valence-corrected chi connectivity index (χ3v) is 9.04. The number of pyridine rings is 2. The minimum atomic E-state index is -4.65. The van der Waals surface area contributed by atoms with E-state index in [0.717, 1.165) is 15.5 Å². The SMILES string of the molecule is COCCOC(=O)C(Cc1ccc(-n2c(=O)c3ccncc3n(C)c2=O)c2ncccc12)NC(=O)c1c(C)cc(N2CCOC[C@@H]2C(F)(F)F)cc1F. The third kappa shape index (κ3) is 7.34. The Balaban J connectivity index is 1.35. The van der Waals surface area contributed by atoms with Crippen LogP contribution in [0.5, 0.6) is 0 Å². The van der Waals surface area contributed by atoms with Gasteiger partial charge in [-0.2, -0.15) is 13.2 Å². The van der Waals surface area contributed by atoms with Crippen LogP contribution in [0.25, 0.3) is 27.5 Å². The third-order valence-electron chi connectivity index (χ3n) is 9.04. The lowest BCUT2D eigenvalue weighted by atomic mass is 9.99. The number of anilines is 1. The van der Waals surface area contributed by atoms with Gasteiger partial charge < -0.3 is 24.4 Å². The fourth-order valence-corrected chi connectivity index (χ4v) is 6.42. The molecule has 17 heteroatoms. The highest BCUT2D eigenvalue weighted by Crippen LogP contribution is 2.33. The van der Waals surface area contributed by atoms with Crippen LogP contribution in [0.15, 0.2) is 70.6 Å². The van der Waals surface area contributed by atoms with Crippen molar-refractivity contribution in [2.75, 3.05) is 45.0 Å². The molecule has 1 aliphatic rings. The number of halogens is 4. The van der Waals surface area contributed by atoms with Gasteiger partial charge in [0.05, 0.1) is 53.7 Å². The second-order valence-electron chi connectivity index (χ2n) is 12.4. The summed E-state index contributed by atoms with van der Waals surface area (Å²) in [5, 5.41) is 3.22. The second-order valence-corrected chi connectivity index (χ2v) is 12.4. The minimum Gasteiger partial charge on any atom is -0.462 e. The molecule has 2 aromatic carbocycles. The first-order chi connectivity index (χ1) is 25.3. The van der Waals surface area contributed by atoms with Crippen LogP contribution >= 0.6 is 0 Å². The Hall–Kier alpha value is -5.68. The highest BCUT2D eigenvalue weighted by atomic mass is 19.4. The van der Waals surface area contributed by atoms with Gasteiger partial charge in [0.1, 0.15) is 24.5 Å². The van der Waals surface area contributed by atoms with E-state index in [1.54, 1.807) is 18.2 Å². The lowest BCUT2D eigenvalue weighted by Gasteiger charge is -2.38. The number of esters is 1. The van der Waals surface area contributed by atoms with Crippen LogP contribution in [0, 0.1) is 12.7 Å². The monoisotopic (exact) mass is 738 g/mol. The lowest BCUT2D eigenvalue weighted by Crippen LogP contribution is -2.53. The minimum absolute atomic E-state index is 0.000888. The number of alkyl halides is 3. The summed E-state index contributed by atoms with van der Waals surface area (Å²) >= 11 is 0. The second kappa shape index (κ2) is 15.1. The molecule has 13 nitrogen and oxygen atoms in total. The Bertz CT molecular complexity index is 2300. The molecule has 4 heterocycles. The number of morpholine rings is 1. The van der Waals surface area contributed by atoms with E-state index in [0.29, 0.717) is 16.5 Å². The van der Waals surface area contributed by atoms with Crippen molar-refractivity contribution in [1.29, 1.82) is 0 Å². The molecule has 0 bridgehead atoms. The highest BCUT2D eigenvalue weighted by molar-refractivity contribution is 5.99. The maximum Gasteiger partial charge on any atom is 0.411 e. The van der Waals surface area contributed by atoms with E-state index in [1.807, 2.05) is 0 Å². The molecule has 0 saturated carbocycles. The molecule has 1 fully saturated rings. The number of aromatic nitrogens is 4. The van der Waals surface area contributed by atoms with Crippen LogP contribution in [-0.4, -0.2) is 89.3 Å². The number of nitrogens with one attached hydrogen (secondary N) is 1. The van der Waals surface area contributed by atoms with Gasteiger partial charge in [-0.15, -0.1) is 0 Å². The molecule has 278 valence electrons. The van der Waals surface area contributed by atoms with E-state index in [9.17, 15) is 32.3 Å². The zero-order chi connectivity index (χ0) is 38.0. The van der Waals surface area contributed by atoms with Crippen LogP contribution in [0.3, 0.4) is 0 Å². The Morgan fingerprint density at radius 2 is 1.89 bits per heavy atom. The smallest absolute Gasteiger partial charge is 0.411 e. The first-order valence-corrected chi connectivity index (χ1v) is 16.4. The predicted molar refractivity (Wildman–Crippen MR) is 185 cm³/mol. The van der Waals surface area contributed by atoms with E-state index < -0.39 is 59.4 Å². The highest BCUT2D eigenvalue weighted by Gasteiger charge is 2.45. The molecule has 1 amide bonds. The Kier molecular flexibility index (Phi) is 10.6. The molecule has 53 heavy (non-hydrogen) atoms. The van der Waals surface area contributed by atoms with Crippen LogP contribution < -0.4 is 21.5 Å². The number of carbonyl (C=O) groups is 2. The Labute approximate surface area is 298 Å². The summed E-state index contributed by atoms with van der Waals surface area (Å²) in [6, 6.07) is 6.58. The van der Waals surface area contributed by atoms with E-state index in [1.165, 1.54) is 62.4 Å². The average Bonchev–Trinajstić information content (AvgIpc) is 3.13.